The Morgan fingerprint density at radius 1 is 1.15 bits per heavy atom. The molecule has 0 aliphatic carbocycles. The Kier molecular flexibility index (Phi) is 5.33. The second kappa shape index (κ2) is 6.81. The molecule has 20 heavy (non-hydrogen) atoms. The second-order valence-electron chi connectivity index (χ2n) is 4.37. The van der Waals surface area contributed by atoms with Crippen LogP contribution in [0, 0.1) is 0 Å². The van der Waals surface area contributed by atoms with Gasteiger partial charge in [-0.15, -0.1) is 0 Å². The molecule has 2 aromatic rings. The minimum atomic E-state index is 0.193. The van der Waals surface area contributed by atoms with Crippen molar-refractivity contribution in [2.24, 2.45) is 0 Å². The molecule has 106 valence electrons. The quantitative estimate of drug-likeness (QED) is 0.726. The highest BCUT2D eigenvalue weighted by Gasteiger charge is 2.10. The minimum Gasteiger partial charge on any atom is -0.456 e. The number of halogens is 3. The Morgan fingerprint density at radius 2 is 1.90 bits per heavy atom. The van der Waals surface area contributed by atoms with Gasteiger partial charge in [0.05, 0.1) is 4.47 Å². The van der Waals surface area contributed by atoms with Crippen molar-refractivity contribution < 1.29 is 4.74 Å². The maximum atomic E-state index is 6.28. The Morgan fingerprint density at radius 3 is 2.50 bits per heavy atom. The molecule has 1 atom stereocenters. The van der Waals surface area contributed by atoms with Crippen LogP contribution >= 0.6 is 39.1 Å². The molecular formula is C15H14BrCl2NO. The number of hydrogen-bond acceptors (Lipinski definition) is 2. The minimum absolute atomic E-state index is 0.193. The SMILES string of the molecule is CNC(C)c1ccc(Oc2ccc(Cl)cc2Br)cc1Cl. The first-order valence-corrected chi connectivity index (χ1v) is 7.65. The molecule has 2 rings (SSSR count). The molecule has 1 N–H and O–H groups in total. The summed E-state index contributed by atoms with van der Waals surface area (Å²) in [5.74, 6) is 1.38. The summed E-state index contributed by atoms with van der Waals surface area (Å²) in [5, 5.41) is 4.49. The van der Waals surface area contributed by atoms with E-state index >= 15 is 0 Å². The van der Waals surface area contributed by atoms with Gasteiger partial charge in [-0.25, -0.2) is 0 Å². The largest absolute Gasteiger partial charge is 0.456 e. The molecule has 0 aliphatic rings. The summed E-state index contributed by atoms with van der Waals surface area (Å²) in [6.07, 6.45) is 0. The fourth-order valence-electron chi connectivity index (χ4n) is 1.76. The van der Waals surface area contributed by atoms with E-state index < -0.39 is 0 Å². The molecule has 0 aromatic heterocycles. The molecule has 0 amide bonds. The lowest BCUT2D eigenvalue weighted by Crippen LogP contribution is -2.12. The van der Waals surface area contributed by atoms with E-state index in [2.05, 4.69) is 28.2 Å². The van der Waals surface area contributed by atoms with Crippen LogP contribution in [0.25, 0.3) is 0 Å². The van der Waals surface area contributed by atoms with Gasteiger partial charge in [-0.05, 0) is 65.8 Å². The average Bonchev–Trinajstić information content (AvgIpc) is 2.41. The third-order valence-corrected chi connectivity index (χ3v) is 4.18. The standard InChI is InChI=1S/C15H14BrCl2NO/c1-9(19-2)12-5-4-11(8-14(12)18)20-15-6-3-10(17)7-13(15)16/h3-9,19H,1-2H3. The topological polar surface area (TPSA) is 21.3 Å². The van der Waals surface area contributed by atoms with Crippen molar-refractivity contribution >= 4 is 39.1 Å². The molecular weight excluding hydrogens is 361 g/mol. The number of benzene rings is 2. The first-order valence-electron chi connectivity index (χ1n) is 6.11. The van der Waals surface area contributed by atoms with E-state index in [9.17, 15) is 0 Å². The van der Waals surface area contributed by atoms with Crippen LogP contribution in [0.2, 0.25) is 10.0 Å². The number of hydrogen-bond donors (Lipinski definition) is 1. The Labute approximate surface area is 137 Å². The zero-order chi connectivity index (χ0) is 14.7. The van der Waals surface area contributed by atoms with Gasteiger partial charge in [0.15, 0.2) is 0 Å². The summed E-state index contributed by atoms with van der Waals surface area (Å²) < 4.78 is 6.60. The molecule has 2 nitrogen and oxygen atoms in total. The van der Waals surface area contributed by atoms with Gasteiger partial charge >= 0.3 is 0 Å². The number of ether oxygens (including phenoxy) is 1. The molecule has 0 radical (unpaired) electrons. The van der Waals surface area contributed by atoms with Crippen LogP contribution in [0.15, 0.2) is 40.9 Å². The third-order valence-electron chi connectivity index (χ3n) is 2.99. The summed E-state index contributed by atoms with van der Waals surface area (Å²) >= 11 is 15.6. The first kappa shape index (κ1) is 15.6. The van der Waals surface area contributed by atoms with E-state index in [4.69, 9.17) is 27.9 Å². The van der Waals surface area contributed by atoms with E-state index in [-0.39, 0.29) is 6.04 Å². The number of rotatable bonds is 4. The lowest BCUT2D eigenvalue weighted by atomic mass is 10.1. The van der Waals surface area contributed by atoms with Crippen LogP contribution < -0.4 is 10.1 Å². The molecule has 0 saturated carbocycles. The normalized spacial score (nSPS) is 12.2. The Hall–Kier alpha value is -0.740. The van der Waals surface area contributed by atoms with E-state index in [1.807, 2.05) is 31.3 Å². The summed E-state index contributed by atoms with van der Waals surface area (Å²) in [5.41, 5.74) is 1.04. The van der Waals surface area contributed by atoms with Crippen molar-refractivity contribution in [2.75, 3.05) is 7.05 Å². The molecule has 0 spiro atoms. The molecule has 1 unspecified atom stereocenters. The van der Waals surface area contributed by atoms with Crippen molar-refractivity contribution in [1.82, 2.24) is 5.32 Å². The van der Waals surface area contributed by atoms with Crippen LogP contribution in [-0.2, 0) is 0 Å². The van der Waals surface area contributed by atoms with Gasteiger partial charge in [0.25, 0.3) is 0 Å². The summed E-state index contributed by atoms with van der Waals surface area (Å²) in [4.78, 5) is 0. The van der Waals surface area contributed by atoms with Crippen molar-refractivity contribution in [3.63, 3.8) is 0 Å². The summed E-state index contributed by atoms with van der Waals surface area (Å²) in [7, 11) is 1.90. The fraction of sp³-hybridized carbons (Fsp3) is 0.200. The maximum Gasteiger partial charge on any atom is 0.141 e. The average molecular weight is 375 g/mol. The van der Waals surface area contributed by atoms with Gasteiger partial charge in [0.1, 0.15) is 11.5 Å². The van der Waals surface area contributed by atoms with Crippen LogP contribution in [0.4, 0.5) is 0 Å². The number of nitrogens with one attached hydrogen (secondary N) is 1. The van der Waals surface area contributed by atoms with Crippen LogP contribution in [0.1, 0.15) is 18.5 Å². The van der Waals surface area contributed by atoms with Gasteiger partial charge < -0.3 is 10.1 Å². The maximum absolute atomic E-state index is 6.28. The predicted octanol–water partition coefficient (Wildman–Crippen LogP) is 5.83. The van der Waals surface area contributed by atoms with Crippen molar-refractivity contribution in [1.29, 1.82) is 0 Å². The Balaban J connectivity index is 2.24. The summed E-state index contributed by atoms with van der Waals surface area (Å²) in [6, 6.07) is 11.2. The molecule has 0 bridgehead atoms. The highest BCUT2D eigenvalue weighted by molar-refractivity contribution is 9.10. The molecule has 0 fully saturated rings. The monoisotopic (exact) mass is 373 g/mol. The van der Waals surface area contributed by atoms with Crippen molar-refractivity contribution in [3.05, 3.63) is 56.5 Å². The van der Waals surface area contributed by atoms with Crippen LogP contribution in [0.5, 0.6) is 11.5 Å². The van der Waals surface area contributed by atoms with E-state index in [0.29, 0.717) is 21.5 Å². The lowest BCUT2D eigenvalue weighted by Gasteiger charge is -2.14. The second-order valence-corrected chi connectivity index (χ2v) is 6.07. The molecule has 0 saturated heterocycles. The first-order chi connectivity index (χ1) is 9.51. The van der Waals surface area contributed by atoms with E-state index in [1.165, 1.54) is 0 Å². The fourth-order valence-corrected chi connectivity index (χ4v) is 2.86. The molecule has 0 aliphatic heterocycles. The van der Waals surface area contributed by atoms with Gasteiger partial charge in [0.2, 0.25) is 0 Å². The molecule has 2 aromatic carbocycles. The van der Waals surface area contributed by atoms with Gasteiger partial charge in [0, 0.05) is 16.1 Å². The van der Waals surface area contributed by atoms with E-state index in [0.717, 1.165) is 10.0 Å². The zero-order valence-corrected chi connectivity index (χ0v) is 14.2. The highest BCUT2D eigenvalue weighted by Crippen LogP contribution is 2.34. The van der Waals surface area contributed by atoms with Crippen molar-refractivity contribution in [3.8, 4) is 11.5 Å². The van der Waals surface area contributed by atoms with Gasteiger partial charge in [-0.1, -0.05) is 29.3 Å². The van der Waals surface area contributed by atoms with Gasteiger partial charge in [-0.3, -0.25) is 0 Å². The zero-order valence-electron chi connectivity index (χ0n) is 11.1. The summed E-state index contributed by atoms with van der Waals surface area (Å²) in [6.45, 7) is 2.05. The molecule has 0 heterocycles. The van der Waals surface area contributed by atoms with Gasteiger partial charge in [-0.2, -0.15) is 0 Å². The highest BCUT2D eigenvalue weighted by atomic mass is 79.9. The predicted molar refractivity (Wildman–Crippen MR) is 88.2 cm³/mol. The third kappa shape index (κ3) is 3.67. The van der Waals surface area contributed by atoms with Crippen molar-refractivity contribution in [2.45, 2.75) is 13.0 Å². The van der Waals surface area contributed by atoms with E-state index in [1.54, 1.807) is 12.1 Å². The van der Waals surface area contributed by atoms with Crippen LogP contribution in [-0.4, -0.2) is 7.05 Å². The van der Waals surface area contributed by atoms with Crippen LogP contribution in [0.3, 0.4) is 0 Å². The Bertz CT molecular complexity index is 619. The lowest BCUT2D eigenvalue weighted by molar-refractivity contribution is 0.479. The smallest absolute Gasteiger partial charge is 0.141 e. The molecule has 5 heteroatoms.